The van der Waals surface area contributed by atoms with Crippen molar-refractivity contribution >= 4 is 34.4 Å². The summed E-state index contributed by atoms with van der Waals surface area (Å²) >= 11 is 0. The molecule has 0 saturated heterocycles. The summed E-state index contributed by atoms with van der Waals surface area (Å²) < 4.78 is 6.73. The van der Waals surface area contributed by atoms with Crippen LogP contribution in [0.25, 0.3) is 10.9 Å². The fourth-order valence-corrected chi connectivity index (χ4v) is 4.96. The number of benzene rings is 2. The number of amides is 1. The molecule has 6 nitrogen and oxygen atoms in total. The van der Waals surface area contributed by atoms with E-state index in [1.165, 1.54) is 6.92 Å². The molecule has 32 heavy (non-hydrogen) atoms. The maximum Gasteiger partial charge on any atom is 0.333 e. The zero-order chi connectivity index (χ0) is 22.9. The van der Waals surface area contributed by atoms with Crippen molar-refractivity contribution in [3.05, 3.63) is 65.9 Å². The standard InChI is InChI=1S/C26H28N2O4/c1-4-26(25(31)27(3)19-10-6-5-7-11-19)15-14-23-21(16-26)20-12-8-9-13-22(20)28(23)17-24(30)32-18(2)29/h5-13H,4,14-17H2,1-3H3. The van der Waals surface area contributed by atoms with Crippen molar-refractivity contribution in [2.24, 2.45) is 5.41 Å². The number of carbonyl (C=O) groups is 3. The van der Waals surface area contributed by atoms with Gasteiger partial charge in [-0.15, -0.1) is 0 Å². The second-order valence-corrected chi connectivity index (χ2v) is 8.50. The molecular weight excluding hydrogens is 404 g/mol. The van der Waals surface area contributed by atoms with Crippen LogP contribution in [0.5, 0.6) is 0 Å². The summed E-state index contributed by atoms with van der Waals surface area (Å²) in [6.45, 7) is 3.28. The summed E-state index contributed by atoms with van der Waals surface area (Å²) in [6.07, 6.45) is 2.72. The van der Waals surface area contributed by atoms with Crippen molar-refractivity contribution in [2.45, 2.75) is 46.1 Å². The maximum atomic E-state index is 13.7. The van der Waals surface area contributed by atoms with E-state index in [4.69, 9.17) is 4.74 Å². The van der Waals surface area contributed by atoms with Crippen LogP contribution in [0.4, 0.5) is 5.69 Å². The zero-order valence-electron chi connectivity index (χ0n) is 18.8. The minimum absolute atomic E-state index is 0.0214. The van der Waals surface area contributed by atoms with Gasteiger partial charge in [-0.1, -0.05) is 43.3 Å². The lowest BCUT2D eigenvalue weighted by Gasteiger charge is -2.38. The predicted molar refractivity (Wildman–Crippen MR) is 123 cm³/mol. The average Bonchev–Trinajstić information content (AvgIpc) is 3.10. The van der Waals surface area contributed by atoms with Crippen LogP contribution in [0.1, 0.15) is 37.9 Å². The third-order valence-electron chi connectivity index (χ3n) is 6.67. The fraction of sp³-hybridized carbons (Fsp3) is 0.346. The first-order valence-corrected chi connectivity index (χ1v) is 11.0. The Hall–Kier alpha value is -3.41. The number of hydrogen-bond acceptors (Lipinski definition) is 4. The number of aromatic nitrogens is 1. The Morgan fingerprint density at radius 2 is 1.75 bits per heavy atom. The van der Waals surface area contributed by atoms with Crippen LogP contribution >= 0.6 is 0 Å². The van der Waals surface area contributed by atoms with Gasteiger partial charge in [0.15, 0.2) is 0 Å². The normalized spacial score (nSPS) is 17.6. The highest BCUT2D eigenvalue weighted by molar-refractivity contribution is 5.98. The molecule has 0 fully saturated rings. The van der Waals surface area contributed by atoms with Gasteiger partial charge in [-0.2, -0.15) is 0 Å². The molecule has 1 aromatic heterocycles. The van der Waals surface area contributed by atoms with Crippen LogP contribution in [-0.4, -0.2) is 29.5 Å². The van der Waals surface area contributed by atoms with Gasteiger partial charge in [-0.3, -0.25) is 9.59 Å². The number of nitrogens with zero attached hydrogens (tertiary/aromatic N) is 2. The highest BCUT2D eigenvalue weighted by Gasteiger charge is 2.43. The molecule has 1 aliphatic rings. The summed E-state index contributed by atoms with van der Waals surface area (Å²) in [5.41, 5.74) is 3.45. The second kappa shape index (κ2) is 8.61. The number of fused-ring (bicyclic) bond motifs is 3. The van der Waals surface area contributed by atoms with Gasteiger partial charge < -0.3 is 14.2 Å². The number of hydrogen-bond donors (Lipinski definition) is 0. The summed E-state index contributed by atoms with van der Waals surface area (Å²) in [5, 5.41) is 1.05. The van der Waals surface area contributed by atoms with E-state index in [1.807, 2.05) is 66.2 Å². The average molecular weight is 433 g/mol. The lowest BCUT2D eigenvalue weighted by atomic mass is 9.70. The summed E-state index contributed by atoms with van der Waals surface area (Å²) in [6, 6.07) is 17.6. The fourth-order valence-electron chi connectivity index (χ4n) is 4.96. The Morgan fingerprint density at radius 3 is 2.44 bits per heavy atom. The van der Waals surface area contributed by atoms with Gasteiger partial charge in [0, 0.05) is 36.3 Å². The van der Waals surface area contributed by atoms with Gasteiger partial charge >= 0.3 is 11.9 Å². The Labute approximate surface area is 187 Å². The van der Waals surface area contributed by atoms with Gasteiger partial charge in [0.25, 0.3) is 0 Å². The molecule has 0 spiro atoms. The van der Waals surface area contributed by atoms with Crippen molar-refractivity contribution < 1.29 is 19.1 Å². The Balaban J connectivity index is 1.72. The summed E-state index contributed by atoms with van der Waals surface area (Å²) in [5.74, 6) is -1.07. The van der Waals surface area contributed by atoms with Gasteiger partial charge in [-0.25, -0.2) is 4.79 Å². The van der Waals surface area contributed by atoms with E-state index in [0.717, 1.165) is 34.3 Å². The molecular formula is C26H28N2O4. The zero-order valence-corrected chi connectivity index (χ0v) is 18.8. The third kappa shape index (κ3) is 3.81. The van der Waals surface area contributed by atoms with E-state index in [9.17, 15) is 14.4 Å². The quantitative estimate of drug-likeness (QED) is 0.446. The minimum Gasteiger partial charge on any atom is -0.392 e. The summed E-state index contributed by atoms with van der Waals surface area (Å²) in [7, 11) is 1.84. The van der Waals surface area contributed by atoms with E-state index in [0.29, 0.717) is 19.3 Å². The first-order chi connectivity index (χ1) is 15.4. The molecule has 1 atom stereocenters. The molecule has 0 aliphatic heterocycles. The number of carbonyl (C=O) groups excluding carboxylic acids is 3. The van der Waals surface area contributed by atoms with E-state index < -0.39 is 17.4 Å². The Morgan fingerprint density at radius 1 is 1.06 bits per heavy atom. The molecule has 1 amide bonds. The predicted octanol–water partition coefficient (Wildman–Crippen LogP) is 4.28. The van der Waals surface area contributed by atoms with Crippen molar-refractivity contribution in [1.29, 1.82) is 0 Å². The van der Waals surface area contributed by atoms with Crippen LogP contribution in [0.15, 0.2) is 54.6 Å². The monoisotopic (exact) mass is 432 g/mol. The Bertz CT molecular complexity index is 1180. The molecule has 1 heterocycles. The van der Waals surface area contributed by atoms with Crippen molar-refractivity contribution in [1.82, 2.24) is 4.57 Å². The van der Waals surface area contributed by atoms with Gasteiger partial charge in [0.05, 0.1) is 5.41 Å². The Kier molecular flexibility index (Phi) is 5.87. The maximum absolute atomic E-state index is 13.7. The van der Waals surface area contributed by atoms with Gasteiger partial charge in [0.2, 0.25) is 5.91 Å². The van der Waals surface area contributed by atoms with Gasteiger partial charge in [-0.05, 0) is 49.4 Å². The van der Waals surface area contributed by atoms with E-state index in [1.54, 1.807) is 4.90 Å². The number of esters is 2. The number of ether oxygens (including phenoxy) is 1. The second-order valence-electron chi connectivity index (χ2n) is 8.50. The lowest BCUT2D eigenvalue weighted by Crippen LogP contribution is -2.45. The number of para-hydroxylation sites is 2. The first kappa shape index (κ1) is 21.8. The minimum atomic E-state index is -0.611. The van der Waals surface area contributed by atoms with E-state index in [2.05, 4.69) is 6.92 Å². The van der Waals surface area contributed by atoms with E-state index in [-0.39, 0.29) is 12.5 Å². The molecule has 3 aromatic rings. The highest BCUT2D eigenvalue weighted by atomic mass is 16.6. The molecule has 1 aliphatic carbocycles. The molecule has 166 valence electrons. The highest BCUT2D eigenvalue weighted by Crippen LogP contribution is 2.44. The van der Waals surface area contributed by atoms with E-state index >= 15 is 0 Å². The molecule has 2 aromatic carbocycles. The number of rotatable bonds is 5. The lowest BCUT2D eigenvalue weighted by molar-refractivity contribution is -0.158. The first-order valence-electron chi connectivity index (χ1n) is 11.0. The van der Waals surface area contributed by atoms with Crippen molar-refractivity contribution in [3.63, 3.8) is 0 Å². The molecule has 0 N–H and O–H groups in total. The smallest absolute Gasteiger partial charge is 0.333 e. The van der Waals surface area contributed by atoms with Crippen LogP contribution in [0.2, 0.25) is 0 Å². The third-order valence-corrected chi connectivity index (χ3v) is 6.67. The van der Waals surface area contributed by atoms with Crippen molar-refractivity contribution in [2.75, 3.05) is 11.9 Å². The van der Waals surface area contributed by atoms with Gasteiger partial charge in [0.1, 0.15) is 6.54 Å². The molecule has 0 saturated carbocycles. The summed E-state index contributed by atoms with van der Waals surface area (Å²) in [4.78, 5) is 39.0. The molecule has 0 bridgehead atoms. The molecule has 4 rings (SSSR count). The SMILES string of the molecule is CCC1(C(=O)N(C)c2ccccc2)CCc2c(c3ccccc3n2CC(=O)OC(C)=O)C1. The largest absolute Gasteiger partial charge is 0.392 e. The topological polar surface area (TPSA) is 68.6 Å². The van der Waals surface area contributed by atoms with Crippen LogP contribution < -0.4 is 4.90 Å². The molecule has 0 radical (unpaired) electrons. The van der Waals surface area contributed by atoms with Crippen LogP contribution in [-0.2, 0) is 38.5 Å². The number of anilines is 1. The molecule has 1 unspecified atom stereocenters. The van der Waals surface area contributed by atoms with Crippen LogP contribution in [0.3, 0.4) is 0 Å². The van der Waals surface area contributed by atoms with Crippen molar-refractivity contribution in [3.8, 4) is 0 Å². The van der Waals surface area contributed by atoms with Crippen LogP contribution in [0, 0.1) is 5.41 Å². The molecule has 6 heteroatoms.